The lowest BCUT2D eigenvalue weighted by atomic mass is 10.1. The van der Waals surface area contributed by atoms with Gasteiger partial charge >= 0.3 is 5.97 Å². The summed E-state index contributed by atoms with van der Waals surface area (Å²) >= 11 is 0. The molecule has 0 aromatic heterocycles. The number of hydrogen-bond acceptors (Lipinski definition) is 1. The van der Waals surface area contributed by atoms with E-state index >= 15 is 0 Å². The summed E-state index contributed by atoms with van der Waals surface area (Å²) in [5, 5.41) is 8.53. The Labute approximate surface area is 137 Å². The molecule has 128 valence electrons. The van der Waals surface area contributed by atoms with Gasteiger partial charge in [-0.05, 0) is 38.5 Å². The molecule has 0 aromatic rings. The van der Waals surface area contributed by atoms with Crippen molar-refractivity contribution in [3.63, 3.8) is 0 Å². The van der Waals surface area contributed by atoms with Gasteiger partial charge in [0.2, 0.25) is 0 Å². The topological polar surface area (TPSA) is 37.3 Å². The lowest BCUT2D eigenvalue weighted by molar-refractivity contribution is -0.137. The highest BCUT2D eigenvalue weighted by molar-refractivity contribution is 5.66. The molecule has 0 aliphatic carbocycles. The smallest absolute Gasteiger partial charge is 0.303 e. The average molecular weight is 309 g/mol. The highest BCUT2D eigenvalue weighted by Gasteiger charge is 1.96. The maximum Gasteiger partial charge on any atom is 0.303 e. The molecule has 0 atom stereocenters. The number of aliphatic carboxylic acids is 1. The first-order valence-corrected chi connectivity index (χ1v) is 9.29. The largest absolute Gasteiger partial charge is 0.481 e. The molecule has 22 heavy (non-hydrogen) atoms. The third-order valence-electron chi connectivity index (χ3n) is 3.82. The van der Waals surface area contributed by atoms with Crippen LogP contribution in [0.25, 0.3) is 0 Å². The molecular formula is C20H36O2. The van der Waals surface area contributed by atoms with Crippen LogP contribution in [-0.2, 0) is 4.79 Å². The minimum Gasteiger partial charge on any atom is -0.481 e. The summed E-state index contributed by atoms with van der Waals surface area (Å²) in [6.07, 6.45) is 25.2. The number of allylic oxidation sites excluding steroid dienone is 4. The van der Waals surface area contributed by atoms with Gasteiger partial charge in [-0.25, -0.2) is 0 Å². The second-order valence-corrected chi connectivity index (χ2v) is 6.07. The Morgan fingerprint density at radius 2 is 1.14 bits per heavy atom. The average Bonchev–Trinajstić information content (AvgIpc) is 2.50. The predicted molar refractivity (Wildman–Crippen MR) is 96.2 cm³/mol. The Morgan fingerprint density at radius 3 is 1.68 bits per heavy atom. The zero-order valence-corrected chi connectivity index (χ0v) is 14.6. The van der Waals surface area contributed by atoms with Crippen LogP contribution in [0.4, 0.5) is 0 Å². The van der Waals surface area contributed by atoms with E-state index in [1.54, 1.807) is 0 Å². The molecule has 0 saturated heterocycles. The van der Waals surface area contributed by atoms with Gasteiger partial charge in [0.05, 0.1) is 0 Å². The van der Waals surface area contributed by atoms with Gasteiger partial charge in [-0.2, -0.15) is 0 Å². The molecule has 0 aliphatic rings. The van der Waals surface area contributed by atoms with Crippen LogP contribution < -0.4 is 0 Å². The number of rotatable bonds is 16. The molecule has 0 unspecified atom stereocenters. The molecule has 0 rings (SSSR count). The fraction of sp³-hybridized carbons (Fsp3) is 0.750. The molecule has 0 amide bonds. The van der Waals surface area contributed by atoms with E-state index in [0.717, 1.165) is 12.8 Å². The Hall–Kier alpha value is -1.05. The van der Waals surface area contributed by atoms with Crippen molar-refractivity contribution in [1.29, 1.82) is 0 Å². The third kappa shape index (κ3) is 18.9. The minimum absolute atomic E-state index is 0.332. The maximum atomic E-state index is 10.3. The van der Waals surface area contributed by atoms with Gasteiger partial charge in [0.25, 0.3) is 0 Å². The van der Waals surface area contributed by atoms with E-state index < -0.39 is 5.97 Å². The summed E-state index contributed by atoms with van der Waals surface area (Å²) in [6.45, 7) is 2.23. The molecule has 0 aromatic carbocycles. The molecule has 0 fully saturated rings. The monoisotopic (exact) mass is 308 g/mol. The molecule has 0 bridgehead atoms. The van der Waals surface area contributed by atoms with Crippen LogP contribution in [0.2, 0.25) is 0 Å². The Bertz CT molecular complexity index is 292. The Balaban J connectivity index is 3.14. The summed E-state index contributed by atoms with van der Waals surface area (Å²) in [6, 6.07) is 0. The van der Waals surface area contributed by atoms with Crippen LogP contribution >= 0.6 is 0 Å². The molecule has 2 heteroatoms. The number of unbranched alkanes of at least 4 members (excludes halogenated alkanes) is 10. The fourth-order valence-corrected chi connectivity index (χ4v) is 2.41. The number of carbonyl (C=O) groups is 1. The second kappa shape index (κ2) is 18.0. The van der Waals surface area contributed by atoms with Crippen molar-refractivity contribution in [3.8, 4) is 0 Å². The van der Waals surface area contributed by atoms with Crippen LogP contribution in [-0.4, -0.2) is 11.1 Å². The van der Waals surface area contributed by atoms with Crippen molar-refractivity contribution >= 4 is 5.97 Å². The lowest BCUT2D eigenvalue weighted by Gasteiger charge is -2.00. The van der Waals surface area contributed by atoms with Gasteiger partial charge in [-0.3, -0.25) is 4.79 Å². The summed E-state index contributed by atoms with van der Waals surface area (Å²) in [5.74, 6) is -0.664. The zero-order chi connectivity index (χ0) is 16.3. The Kier molecular flexibility index (Phi) is 17.1. The van der Waals surface area contributed by atoms with E-state index in [-0.39, 0.29) is 0 Å². The summed E-state index contributed by atoms with van der Waals surface area (Å²) < 4.78 is 0. The van der Waals surface area contributed by atoms with E-state index in [0.29, 0.717) is 6.42 Å². The normalized spacial score (nSPS) is 11.7. The molecule has 0 aliphatic heterocycles. The van der Waals surface area contributed by atoms with Crippen molar-refractivity contribution in [1.82, 2.24) is 0 Å². The van der Waals surface area contributed by atoms with E-state index in [9.17, 15) is 4.79 Å². The quantitative estimate of drug-likeness (QED) is 0.255. The number of carboxylic acid groups (broad SMARTS) is 1. The molecule has 0 saturated carbocycles. The first-order valence-electron chi connectivity index (χ1n) is 9.29. The van der Waals surface area contributed by atoms with Crippen molar-refractivity contribution in [2.45, 2.75) is 96.8 Å². The van der Waals surface area contributed by atoms with Crippen LogP contribution in [0.1, 0.15) is 96.8 Å². The molecular weight excluding hydrogens is 272 g/mol. The van der Waals surface area contributed by atoms with Gasteiger partial charge in [0.15, 0.2) is 0 Å². The molecule has 0 radical (unpaired) electrons. The van der Waals surface area contributed by atoms with Crippen molar-refractivity contribution in [2.75, 3.05) is 0 Å². The molecule has 1 N–H and O–H groups in total. The van der Waals surface area contributed by atoms with E-state index in [1.807, 2.05) is 0 Å². The lowest BCUT2D eigenvalue weighted by Crippen LogP contribution is -1.93. The fourth-order valence-electron chi connectivity index (χ4n) is 2.41. The van der Waals surface area contributed by atoms with E-state index in [2.05, 4.69) is 31.2 Å². The van der Waals surface area contributed by atoms with Crippen molar-refractivity contribution in [3.05, 3.63) is 24.3 Å². The molecule has 2 nitrogen and oxygen atoms in total. The standard InChI is InChI=1S/C20H36O2/c1-2-3-4-5-6-7-8-9-10-11-12-13-14-15-16-17-18-19-20(21)22/h5-6,9-10H,2-4,7-8,11-19H2,1H3,(H,21,22). The third-order valence-corrected chi connectivity index (χ3v) is 3.82. The van der Waals surface area contributed by atoms with Gasteiger partial charge in [0.1, 0.15) is 0 Å². The number of carboxylic acids is 1. The highest BCUT2D eigenvalue weighted by Crippen LogP contribution is 2.10. The molecule has 0 spiro atoms. The van der Waals surface area contributed by atoms with Gasteiger partial charge in [0, 0.05) is 6.42 Å². The van der Waals surface area contributed by atoms with Crippen molar-refractivity contribution < 1.29 is 9.90 Å². The summed E-state index contributed by atoms with van der Waals surface area (Å²) in [4.78, 5) is 10.3. The Morgan fingerprint density at radius 1 is 0.682 bits per heavy atom. The van der Waals surface area contributed by atoms with Gasteiger partial charge in [-0.15, -0.1) is 0 Å². The zero-order valence-electron chi connectivity index (χ0n) is 14.6. The van der Waals surface area contributed by atoms with Crippen LogP contribution in [0.5, 0.6) is 0 Å². The minimum atomic E-state index is -0.664. The van der Waals surface area contributed by atoms with Crippen LogP contribution in [0.15, 0.2) is 24.3 Å². The SMILES string of the molecule is CCCCC=CCCC=CCCCCCCCCCC(=O)O. The van der Waals surface area contributed by atoms with Crippen LogP contribution in [0, 0.1) is 0 Å². The number of hydrogen-bond donors (Lipinski definition) is 1. The predicted octanol–water partition coefficient (Wildman–Crippen LogP) is 6.66. The van der Waals surface area contributed by atoms with E-state index in [4.69, 9.17) is 5.11 Å². The van der Waals surface area contributed by atoms with Gasteiger partial charge < -0.3 is 5.11 Å². The maximum absolute atomic E-state index is 10.3. The first kappa shape index (κ1) is 20.9. The first-order chi connectivity index (χ1) is 10.8. The second-order valence-electron chi connectivity index (χ2n) is 6.07. The summed E-state index contributed by atoms with van der Waals surface area (Å²) in [7, 11) is 0. The highest BCUT2D eigenvalue weighted by atomic mass is 16.4. The summed E-state index contributed by atoms with van der Waals surface area (Å²) in [5.41, 5.74) is 0. The van der Waals surface area contributed by atoms with E-state index in [1.165, 1.54) is 70.6 Å². The van der Waals surface area contributed by atoms with Gasteiger partial charge in [-0.1, -0.05) is 76.2 Å². The van der Waals surface area contributed by atoms with Crippen molar-refractivity contribution in [2.24, 2.45) is 0 Å². The van der Waals surface area contributed by atoms with Crippen LogP contribution in [0.3, 0.4) is 0 Å². The molecule has 0 heterocycles.